The smallest absolute Gasteiger partial charge is 0.133 e. The molecule has 4 aliphatic rings. The Morgan fingerprint density at radius 1 is 0.839 bits per heavy atom. The quantitative estimate of drug-likeness (QED) is 0.670. The molecule has 1 aromatic heterocycles. The molecule has 1 aromatic rings. The summed E-state index contributed by atoms with van der Waals surface area (Å²) in [5.41, 5.74) is 0. The first-order valence-electron chi connectivity index (χ1n) is 13.3. The third kappa shape index (κ3) is 5.42. The van der Waals surface area contributed by atoms with Crippen molar-refractivity contribution in [2.24, 2.45) is 0 Å². The van der Waals surface area contributed by atoms with Crippen LogP contribution in [0.15, 0.2) is 12.3 Å². The summed E-state index contributed by atoms with van der Waals surface area (Å²) in [5.74, 6) is 2.86. The lowest BCUT2D eigenvalue weighted by Gasteiger charge is -2.42. The van der Waals surface area contributed by atoms with Crippen LogP contribution in [0, 0.1) is 0 Å². The molecule has 0 N–H and O–H groups in total. The molecule has 5 heteroatoms. The van der Waals surface area contributed by atoms with Gasteiger partial charge < -0.3 is 9.80 Å². The van der Waals surface area contributed by atoms with E-state index in [9.17, 15) is 0 Å². The van der Waals surface area contributed by atoms with Crippen LogP contribution >= 0.6 is 0 Å². The predicted octanol–water partition coefficient (Wildman–Crippen LogP) is 5.08. The third-order valence-corrected chi connectivity index (χ3v) is 7.91. The molecule has 1 saturated carbocycles. The summed E-state index contributed by atoms with van der Waals surface area (Å²) in [4.78, 5) is 17.9. The number of likely N-dealkylation sites (tertiary alicyclic amines) is 2. The van der Waals surface area contributed by atoms with Gasteiger partial charge in [0, 0.05) is 43.3 Å². The average Bonchev–Trinajstić information content (AvgIpc) is 3.10. The molecule has 3 saturated heterocycles. The van der Waals surface area contributed by atoms with Crippen molar-refractivity contribution < 1.29 is 0 Å². The maximum absolute atomic E-state index is 5.13. The van der Waals surface area contributed by atoms with Crippen molar-refractivity contribution in [3.8, 4) is 0 Å². The second kappa shape index (κ2) is 11.1. The van der Waals surface area contributed by atoms with Crippen LogP contribution in [0.2, 0.25) is 0 Å². The number of nitrogens with zero attached hydrogens (tertiary/aromatic N) is 5. The van der Waals surface area contributed by atoms with Crippen molar-refractivity contribution in [2.75, 3.05) is 37.6 Å². The number of piperazine rings is 1. The lowest BCUT2D eigenvalue weighted by atomic mass is 9.90. The molecular formula is C26H45N5. The molecule has 1 aliphatic carbocycles. The van der Waals surface area contributed by atoms with Crippen LogP contribution < -0.4 is 4.90 Å². The van der Waals surface area contributed by atoms with Crippen molar-refractivity contribution in [3.63, 3.8) is 0 Å². The molecule has 2 atom stereocenters. The molecule has 0 amide bonds. The lowest BCUT2D eigenvalue weighted by Crippen LogP contribution is -2.54. The highest BCUT2D eigenvalue weighted by Gasteiger charge is 2.40. The van der Waals surface area contributed by atoms with Gasteiger partial charge in [-0.2, -0.15) is 0 Å². The van der Waals surface area contributed by atoms with Gasteiger partial charge in [0.25, 0.3) is 0 Å². The Bertz CT molecular complexity index is 652. The summed E-state index contributed by atoms with van der Waals surface area (Å²) in [6.45, 7) is 12.6. The van der Waals surface area contributed by atoms with Crippen LogP contribution in [0.4, 0.5) is 5.82 Å². The lowest BCUT2D eigenvalue weighted by molar-refractivity contribution is 0.120. The average molecular weight is 428 g/mol. The molecule has 3 aliphatic heterocycles. The Morgan fingerprint density at radius 3 is 2.10 bits per heavy atom. The predicted molar refractivity (Wildman–Crippen MR) is 130 cm³/mol. The SMILES string of the molecule is CCC.CCN1CC2CCC(C1)N2c1ccnc(C2CCN(C3CCCCC3)CC2)n1. The van der Waals surface area contributed by atoms with Crippen LogP contribution in [-0.4, -0.2) is 70.6 Å². The fourth-order valence-corrected chi connectivity index (χ4v) is 6.30. The fraction of sp³-hybridized carbons (Fsp3) is 0.846. The van der Waals surface area contributed by atoms with E-state index in [0.717, 1.165) is 11.9 Å². The maximum Gasteiger partial charge on any atom is 0.133 e. The molecule has 2 unspecified atom stereocenters. The molecule has 4 heterocycles. The summed E-state index contributed by atoms with van der Waals surface area (Å²) in [7, 11) is 0. The molecule has 0 spiro atoms. The van der Waals surface area contributed by atoms with E-state index in [0.29, 0.717) is 18.0 Å². The number of fused-ring (bicyclic) bond motifs is 2. The van der Waals surface area contributed by atoms with Crippen molar-refractivity contribution >= 4 is 5.82 Å². The van der Waals surface area contributed by atoms with E-state index in [4.69, 9.17) is 9.97 Å². The molecule has 0 radical (unpaired) electrons. The van der Waals surface area contributed by atoms with Crippen LogP contribution in [0.25, 0.3) is 0 Å². The van der Waals surface area contributed by atoms with E-state index < -0.39 is 0 Å². The summed E-state index contributed by atoms with van der Waals surface area (Å²) in [6.07, 6.45) is 15.5. The van der Waals surface area contributed by atoms with E-state index >= 15 is 0 Å². The van der Waals surface area contributed by atoms with Crippen LogP contribution in [0.3, 0.4) is 0 Å². The number of piperidine rings is 1. The Balaban J connectivity index is 0.000000730. The van der Waals surface area contributed by atoms with Gasteiger partial charge in [-0.3, -0.25) is 4.90 Å². The zero-order chi connectivity index (χ0) is 21.6. The molecular weight excluding hydrogens is 382 g/mol. The first-order chi connectivity index (χ1) is 15.2. The second-order valence-corrected chi connectivity index (χ2v) is 10.2. The topological polar surface area (TPSA) is 35.5 Å². The van der Waals surface area contributed by atoms with E-state index in [1.165, 1.54) is 103 Å². The van der Waals surface area contributed by atoms with Gasteiger partial charge in [0.2, 0.25) is 0 Å². The molecule has 31 heavy (non-hydrogen) atoms. The minimum atomic E-state index is 0.550. The largest absolute Gasteiger partial charge is 0.348 e. The zero-order valence-corrected chi connectivity index (χ0v) is 20.3. The Kier molecular flexibility index (Phi) is 8.22. The van der Waals surface area contributed by atoms with Gasteiger partial charge in [0.05, 0.1) is 0 Å². The molecule has 5 nitrogen and oxygen atoms in total. The minimum Gasteiger partial charge on any atom is -0.348 e. The fourth-order valence-electron chi connectivity index (χ4n) is 6.30. The van der Waals surface area contributed by atoms with Crippen LogP contribution in [0.5, 0.6) is 0 Å². The van der Waals surface area contributed by atoms with Crippen molar-refractivity contribution in [1.29, 1.82) is 0 Å². The first kappa shape index (κ1) is 23.0. The van der Waals surface area contributed by atoms with Crippen molar-refractivity contribution in [2.45, 2.75) is 109 Å². The van der Waals surface area contributed by atoms with Gasteiger partial charge in [-0.05, 0) is 64.2 Å². The highest BCUT2D eigenvalue weighted by atomic mass is 15.3. The maximum atomic E-state index is 5.13. The monoisotopic (exact) mass is 427 g/mol. The summed E-state index contributed by atoms with van der Waals surface area (Å²) in [6, 6.07) is 4.31. The zero-order valence-electron chi connectivity index (χ0n) is 20.3. The summed E-state index contributed by atoms with van der Waals surface area (Å²) < 4.78 is 0. The number of rotatable bonds is 4. The van der Waals surface area contributed by atoms with E-state index in [2.05, 4.69) is 41.5 Å². The van der Waals surface area contributed by atoms with Gasteiger partial charge in [-0.1, -0.05) is 46.5 Å². The Labute approximate surface area is 190 Å². The Hall–Kier alpha value is -1.20. The van der Waals surface area contributed by atoms with Gasteiger partial charge >= 0.3 is 0 Å². The summed E-state index contributed by atoms with van der Waals surface area (Å²) in [5, 5.41) is 0. The minimum absolute atomic E-state index is 0.550. The Morgan fingerprint density at radius 2 is 1.48 bits per heavy atom. The molecule has 4 fully saturated rings. The molecule has 174 valence electrons. The van der Waals surface area contributed by atoms with Gasteiger partial charge in [-0.15, -0.1) is 0 Å². The first-order valence-corrected chi connectivity index (χ1v) is 13.3. The van der Waals surface area contributed by atoms with Gasteiger partial charge in [0.1, 0.15) is 11.6 Å². The molecule has 5 rings (SSSR count). The van der Waals surface area contributed by atoms with Gasteiger partial charge in [0.15, 0.2) is 0 Å². The standard InChI is InChI=1S/C23H37N5.C3H8/c1-2-26-16-20-8-9-21(17-26)28(20)22-10-13-24-23(25-22)18-11-14-27(15-12-18)19-6-4-3-5-7-19;1-3-2/h10,13,18-21H,2-9,11-12,14-17H2,1H3;3H2,1-2H3. The van der Waals surface area contributed by atoms with Crippen molar-refractivity contribution in [3.05, 3.63) is 18.1 Å². The molecule has 0 aromatic carbocycles. The number of hydrogen-bond donors (Lipinski definition) is 0. The number of hydrogen-bond acceptors (Lipinski definition) is 5. The highest BCUT2D eigenvalue weighted by molar-refractivity contribution is 5.44. The van der Waals surface area contributed by atoms with E-state index in [1.807, 2.05) is 6.20 Å². The second-order valence-electron chi connectivity index (χ2n) is 10.2. The highest BCUT2D eigenvalue weighted by Crippen LogP contribution is 2.35. The molecule has 2 bridgehead atoms. The van der Waals surface area contributed by atoms with E-state index in [-0.39, 0.29) is 0 Å². The van der Waals surface area contributed by atoms with Crippen LogP contribution in [0.1, 0.15) is 96.7 Å². The van der Waals surface area contributed by atoms with E-state index in [1.54, 1.807) is 0 Å². The number of likely N-dealkylation sites (N-methyl/N-ethyl adjacent to an activating group) is 1. The number of anilines is 1. The summed E-state index contributed by atoms with van der Waals surface area (Å²) >= 11 is 0. The van der Waals surface area contributed by atoms with Gasteiger partial charge in [-0.25, -0.2) is 9.97 Å². The normalized spacial score (nSPS) is 28.4. The third-order valence-electron chi connectivity index (χ3n) is 7.91. The van der Waals surface area contributed by atoms with Crippen molar-refractivity contribution in [1.82, 2.24) is 19.8 Å². The number of aromatic nitrogens is 2. The van der Waals surface area contributed by atoms with Crippen LogP contribution in [-0.2, 0) is 0 Å².